The average Bonchev–Trinajstić information content (AvgIpc) is 1.94. The molecule has 1 nitrogen and oxygen atoms in total. The fraction of sp³-hybridized carbons (Fsp3) is 0.333. The second-order valence-corrected chi connectivity index (χ2v) is 1.50. The summed E-state index contributed by atoms with van der Waals surface area (Å²) in [6.07, 6.45) is 9.62. The summed E-state index contributed by atoms with van der Waals surface area (Å²) in [7, 11) is 0. The van der Waals surface area contributed by atoms with E-state index in [1.165, 1.54) is 5.31 Å². The molecular formula is C6H9N. The van der Waals surface area contributed by atoms with Crippen molar-refractivity contribution in [2.45, 2.75) is 12.8 Å². The van der Waals surface area contributed by atoms with Gasteiger partial charge in [0.1, 0.15) is 0 Å². The molecule has 0 fully saturated rings. The van der Waals surface area contributed by atoms with Crippen LogP contribution >= 0.6 is 0 Å². The second kappa shape index (κ2) is 2.45. The lowest BCUT2D eigenvalue weighted by Crippen LogP contribution is -1.87. The molecule has 0 atom stereocenters. The minimum Gasteiger partial charge on any atom is -0.368 e. The number of hydrogen-bond donors (Lipinski definition) is 1. The van der Waals surface area contributed by atoms with Gasteiger partial charge in [-0.25, -0.2) is 0 Å². The number of hydrogen-bond acceptors (Lipinski definition) is 1. The molecule has 0 aromatic rings. The first-order valence-electron chi connectivity index (χ1n) is 2.95. The van der Waals surface area contributed by atoms with Crippen molar-refractivity contribution in [1.29, 1.82) is 0 Å². The largest absolute Gasteiger partial charge is 0.368 e. The van der Waals surface area contributed by atoms with Crippen LogP contribution in [0.1, 0.15) is 12.8 Å². The molecule has 1 N–H and O–H groups in total. The molecule has 7 heavy (non-hydrogen) atoms. The Balaban J connectivity index is 2.51. The van der Waals surface area contributed by atoms with Crippen LogP contribution in [0, 0.1) is 0 Å². The topological polar surface area (TPSA) is 12.0 Å². The van der Waals surface area contributed by atoms with Crippen LogP contribution in [0.15, 0.2) is 24.6 Å². The molecular weight excluding hydrogens is 86.1 g/mol. The third-order valence-electron chi connectivity index (χ3n) is 0.883. The lowest BCUT2D eigenvalue weighted by molar-refractivity contribution is 1.06. The number of nitrogens with one attached hydrogen (secondary N) is 1. The van der Waals surface area contributed by atoms with E-state index in [-0.39, 0.29) is 0 Å². The molecule has 1 rings (SSSR count). The quantitative estimate of drug-likeness (QED) is 0.480. The van der Waals surface area contributed by atoms with Gasteiger partial charge in [-0.15, -0.1) is 0 Å². The molecule has 1 heteroatoms. The normalized spacial score (nSPS) is 21.7. The molecule has 38 valence electrons. The maximum atomic E-state index is 7.07. The molecule has 0 bridgehead atoms. The predicted octanol–water partition coefficient (Wildman–Crippen LogP) is 1.40. The van der Waals surface area contributed by atoms with Gasteiger partial charge in [-0.1, -0.05) is 12.2 Å². The molecule has 0 saturated heterocycles. The van der Waals surface area contributed by atoms with Gasteiger partial charge < -0.3 is 5.31 Å². The van der Waals surface area contributed by atoms with E-state index in [2.05, 4.69) is 0 Å². The van der Waals surface area contributed by atoms with Crippen LogP contribution in [0.25, 0.3) is 0 Å². The van der Waals surface area contributed by atoms with Crippen LogP contribution in [-0.4, -0.2) is 0 Å². The third kappa shape index (κ3) is 1.44. The minimum absolute atomic E-state index is 1.06. The van der Waals surface area contributed by atoms with E-state index in [4.69, 9.17) is 1.41 Å². The van der Waals surface area contributed by atoms with Crippen molar-refractivity contribution in [3.8, 4) is 0 Å². The Kier molecular flexibility index (Phi) is 1.16. The molecule has 0 saturated carbocycles. The number of rotatable bonds is 0. The van der Waals surface area contributed by atoms with Crippen LogP contribution in [0.2, 0.25) is 1.41 Å². The Morgan fingerprint density at radius 2 is 1.86 bits per heavy atom. The second-order valence-electron chi connectivity index (χ2n) is 1.50. The van der Waals surface area contributed by atoms with E-state index in [0.29, 0.717) is 0 Å². The predicted molar refractivity (Wildman–Crippen MR) is 30.6 cm³/mol. The number of allylic oxidation sites excluding steroid dienone is 2. The molecule has 0 radical (unpaired) electrons. The first-order chi connectivity index (χ1) is 3.89. The van der Waals surface area contributed by atoms with E-state index in [0.717, 1.165) is 12.8 Å². The molecule has 0 aromatic carbocycles. The fourth-order valence-corrected chi connectivity index (χ4v) is 0.513. The summed E-state index contributed by atoms with van der Waals surface area (Å²) in [6, 6.07) is 0. The molecule has 1 aliphatic rings. The van der Waals surface area contributed by atoms with Gasteiger partial charge in [0, 0.05) is 0 Å². The van der Waals surface area contributed by atoms with Crippen molar-refractivity contribution in [1.82, 2.24) is 5.31 Å². The maximum Gasteiger partial charge on any atom is 0.165 e. The fourth-order valence-electron chi connectivity index (χ4n) is 0.513. The summed E-state index contributed by atoms with van der Waals surface area (Å²) in [5.74, 6) is 0. The van der Waals surface area contributed by atoms with E-state index in [1.807, 2.05) is 12.2 Å². The molecule has 0 amide bonds. The Bertz CT molecular complexity index is 104. The monoisotopic (exact) mass is 96.1 g/mol. The van der Waals surface area contributed by atoms with Crippen LogP contribution < -0.4 is 5.31 Å². The van der Waals surface area contributed by atoms with Crippen molar-refractivity contribution < 1.29 is 1.41 Å². The lowest BCUT2D eigenvalue weighted by atomic mass is 10.3. The Morgan fingerprint density at radius 3 is 2.43 bits per heavy atom. The highest BCUT2D eigenvalue weighted by molar-refractivity contribution is 4.94. The highest BCUT2D eigenvalue weighted by Gasteiger charge is 1.78. The summed E-state index contributed by atoms with van der Waals surface area (Å²) in [6.45, 7) is 0. The standard InChI is InChI=1S/C6H9N/c1-2-4-6-7-5-3-1/h3-7H,1-2H2/i/hD. The Hall–Kier alpha value is -0.720. The third-order valence-corrected chi connectivity index (χ3v) is 0.883. The molecule has 0 spiro atoms. The summed E-state index contributed by atoms with van der Waals surface area (Å²) in [5.41, 5.74) is 0. The first kappa shape index (κ1) is 3.30. The van der Waals surface area contributed by atoms with Crippen LogP contribution in [0.4, 0.5) is 0 Å². The molecule has 0 aromatic heterocycles. The van der Waals surface area contributed by atoms with Crippen molar-refractivity contribution in [3.05, 3.63) is 24.6 Å². The zero-order valence-corrected chi connectivity index (χ0v) is 4.17. The average molecular weight is 96.2 g/mol. The zero-order chi connectivity index (χ0) is 5.82. The van der Waals surface area contributed by atoms with Crippen LogP contribution in [0.3, 0.4) is 0 Å². The van der Waals surface area contributed by atoms with Gasteiger partial charge in [-0.2, -0.15) is 0 Å². The highest BCUT2D eigenvalue weighted by atomic mass is 14.8. The van der Waals surface area contributed by atoms with E-state index < -0.39 is 0 Å². The van der Waals surface area contributed by atoms with Crippen molar-refractivity contribution in [2.24, 2.45) is 0 Å². The van der Waals surface area contributed by atoms with Gasteiger partial charge in [0.05, 0.1) is 0 Å². The van der Waals surface area contributed by atoms with Gasteiger partial charge in [0.2, 0.25) is 0 Å². The summed E-state index contributed by atoms with van der Waals surface area (Å²) < 4.78 is 7.07. The summed E-state index contributed by atoms with van der Waals surface area (Å²) in [5, 5.41) is 1.31. The van der Waals surface area contributed by atoms with E-state index in [1.54, 1.807) is 12.4 Å². The smallest absolute Gasteiger partial charge is 0.165 e. The summed E-state index contributed by atoms with van der Waals surface area (Å²) >= 11 is 0. The van der Waals surface area contributed by atoms with Gasteiger partial charge in [-0.05, 0) is 25.2 Å². The van der Waals surface area contributed by atoms with Crippen molar-refractivity contribution in [3.63, 3.8) is 0 Å². The van der Waals surface area contributed by atoms with E-state index >= 15 is 0 Å². The van der Waals surface area contributed by atoms with Crippen LogP contribution in [-0.2, 0) is 0 Å². The highest BCUT2D eigenvalue weighted by Crippen LogP contribution is 1.93. The Morgan fingerprint density at radius 1 is 1.29 bits per heavy atom. The van der Waals surface area contributed by atoms with Gasteiger partial charge >= 0.3 is 0 Å². The van der Waals surface area contributed by atoms with Crippen molar-refractivity contribution in [2.75, 3.05) is 0 Å². The van der Waals surface area contributed by atoms with Gasteiger partial charge in [-0.3, -0.25) is 0 Å². The maximum absolute atomic E-state index is 7.07. The molecule has 0 unspecified atom stereocenters. The first-order valence-corrected chi connectivity index (χ1v) is 2.50. The molecule has 0 aliphatic carbocycles. The van der Waals surface area contributed by atoms with Crippen LogP contribution in [0.5, 0.6) is 0 Å². The molecule has 1 aliphatic heterocycles. The van der Waals surface area contributed by atoms with Gasteiger partial charge in [0.15, 0.2) is 1.41 Å². The summed E-state index contributed by atoms with van der Waals surface area (Å²) in [4.78, 5) is 0. The molecule has 1 heterocycles. The minimum atomic E-state index is 1.06. The lowest BCUT2D eigenvalue weighted by Gasteiger charge is -1.78. The van der Waals surface area contributed by atoms with Crippen molar-refractivity contribution >= 4 is 0 Å². The van der Waals surface area contributed by atoms with E-state index in [9.17, 15) is 0 Å². The van der Waals surface area contributed by atoms with Gasteiger partial charge in [0.25, 0.3) is 0 Å². The zero-order valence-electron chi connectivity index (χ0n) is 5.17. The SMILES string of the molecule is [2H]N1C=CCCC=C1. The Labute approximate surface area is 45.2 Å².